The molecule has 0 aliphatic carbocycles. The van der Waals surface area contributed by atoms with E-state index in [1.807, 2.05) is 27.7 Å². The highest BCUT2D eigenvalue weighted by Crippen LogP contribution is 2.42. The molecule has 86 valence electrons. The van der Waals surface area contributed by atoms with Crippen LogP contribution in [0.3, 0.4) is 0 Å². The maximum atomic E-state index is 13.2. The van der Waals surface area contributed by atoms with Crippen molar-refractivity contribution in [1.82, 2.24) is 0 Å². The Morgan fingerprint density at radius 2 is 1.36 bits per heavy atom. The minimum Gasteiger partial charge on any atom is -0.383 e. The van der Waals surface area contributed by atoms with Gasteiger partial charge in [-0.15, -0.1) is 0 Å². The fourth-order valence-corrected chi connectivity index (χ4v) is 1.99. The normalized spacial score (nSPS) is 14.1. The predicted molar refractivity (Wildman–Crippen MR) is 57.7 cm³/mol. The van der Waals surface area contributed by atoms with E-state index in [1.165, 1.54) is 0 Å². The quantitative estimate of drug-likeness (QED) is 0.755. The van der Waals surface area contributed by atoms with Gasteiger partial charge in [0.05, 0.1) is 0 Å². The van der Waals surface area contributed by atoms with Gasteiger partial charge in [-0.25, -0.2) is 0 Å². The lowest BCUT2D eigenvalue weighted by Gasteiger charge is -2.35. The number of halogens is 3. The molecule has 0 heterocycles. The van der Waals surface area contributed by atoms with Gasteiger partial charge in [0.2, 0.25) is 0 Å². The van der Waals surface area contributed by atoms with Gasteiger partial charge in [0, 0.05) is 0 Å². The zero-order valence-corrected chi connectivity index (χ0v) is 10.7. The van der Waals surface area contributed by atoms with Crippen molar-refractivity contribution in [3.63, 3.8) is 0 Å². The molecular formula is C10H19BrF2O. The van der Waals surface area contributed by atoms with Gasteiger partial charge in [-0.2, -0.15) is 8.78 Å². The fraction of sp³-hybridized carbons (Fsp3) is 1.00. The summed E-state index contributed by atoms with van der Waals surface area (Å²) >= 11 is 2.27. The van der Waals surface area contributed by atoms with Crippen LogP contribution < -0.4 is 0 Å². The summed E-state index contributed by atoms with van der Waals surface area (Å²) in [5.41, 5.74) is -1.94. The molecule has 0 aliphatic heterocycles. The third-order valence-corrected chi connectivity index (χ3v) is 2.76. The van der Waals surface area contributed by atoms with Crippen LogP contribution in [0.5, 0.6) is 0 Å². The average molecular weight is 273 g/mol. The minimum absolute atomic E-state index is 0.0437. The van der Waals surface area contributed by atoms with E-state index in [0.29, 0.717) is 0 Å². The van der Waals surface area contributed by atoms with E-state index in [-0.39, 0.29) is 24.7 Å². The van der Waals surface area contributed by atoms with Gasteiger partial charge in [-0.1, -0.05) is 27.7 Å². The fourth-order valence-electron chi connectivity index (χ4n) is 1.67. The van der Waals surface area contributed by atoms with Gasteiger partial charge in [0.1, 0.15) is 5.60 Å². The zero-order valence-electron chi connectivity index (χ0n) is 9.15. The van der Waals surface area contributed by atoms with E-state index in [0.717, 1.165) is 0 Å². The van der Waals surface area contributed by atoms with Gasteiger partial charge < -0.3 is 5.11 Å². The third-order valence-electron chi connectivity index (χ3n) is 2.02. The lowest BCUT2D eigenvalue weighted by Crippen LogP contribution is -2.46. The number of hydrogen-bond acceptors (Lipinski definition) is 1. The summed E-state index contributed by atoms with van der Waals surface area (Å²) in [5, 5.41) is 9.89. The molecule has 4 heteroatoms. The molecule has 0 aromatic heterocycles. The molecule has 0 aromatic rings. The van der Waals surface area contributed by atoms with Crippen LogP contribution >= 0.6 is 15.9 Å². The molecule has 14 heavy (non-hydrogen) atoms. The summed E-state index contributed by atoms with van der Waals surface area (Å²) in [7, 11) is 0. The topological polar surface area (TPSA) is 20.2 Å². The van der Waals surface area contributed by atoms with Crippen molar-refractivity contribution in [2.24, 2.45) is 11.8 Å². The molecule has 0 bridgehead atoms. The van der Waals surface area contributed by atoms with Gasteiger partial charge in [0.15, 0.2) is 0 Å². The molecule has 0 fully saturated rings. The van der Waals surface area contributed by atoms with Crippen LogP contribution in [0.4, 0.5) is 8.78 Å². The molecule has 0 saturated heterocycles. The lowest BCUT2D eigenvalue weighted by atomic mass is 9.85. The molecule has 0 unspecified atom stereocenters. The zero-order chi connectivity index (χ0) is 11.6. The standard InChI is InChI=1S/C10H19BrF2O/c1-7(2)5-9(14,6-8(3)4)10(11,12)13/h7-8,14H,5-6H2,1-4H3. The Hall–Kier alpha value is 0.300. The highest BCUT2D eigenvalue weighted by molar-refractivity contribution is 9.10. The van der Waals surface area contributed by atoms with Gasteiger partial charge >= 0.3 is 4.83 Å². The first-order valence-corrected chi connectivity index (χ1v) is 5.67. The van der Waals surface area contributed by atoms with Gasteiger partial charge in [0.25, 0.3) is 0 Å². The van der Waals surface area contributed by atoms with Crippen molar-refractivity contribution >= 4 is 15.9 Å². The second-order valence-electron chi connectivity index (χ2n) is 4.73. The van der Waals surface area contributed by atoms with Crippen molar-refractivity contribution in [1.29, 1.82) is 0 Å². The predicted octanol–water partition coefficient (Wildman–Crippen LogP) is 3.80. The third kappa shape index (κ3) is 4.22. The maximum absolute atomic E-state index is 13.2. The SMILES string of the molecule is CC(C)CC(O)(CC(C)C)C(F)(F)Br. The number of aliphatic hydroxyl groups is 1. The molecule has 1 N–H and O–H groups in total. The number of alkyl halides is 3. The maximum Gasteiger partial charge on any atom is 0.329 e. The Morgan fingerprint density at radius 3 is 1.50 bits per heavy atom. The Kier molecular flexibility index (Phi) is 4.99. The first kappa shape index (κ1) is 14.3. The Balaban J connectivity index is 4.67. The highest BCUT2D eigenvalue weighted by Gasteiger charge is 2.50. The van der Waals surface area contributed by atoms with Crippen LogP contribution in [-0.4, -0.2) is 15.5 Å². The summed E-state index contributed by atoms with van der Waals surface area (Å²) in [5.74, 6) is 0.0874. The molecule has 0 aromatic carbocycles. The van der Waals surface area contributed by atoms with Crippen molar-refractivity contribution < 1.29 is 13.9 Å². The Labute approximate surface area is 93.0 Å². The van der Waals surface area contributed by atoms with E-state index < -0.39 is 10.4 Å². The largest absolute Gasteiger partial charge is 0.383 e. The molecule has 1 nitrogen and oxygen atoms in total. The van der Waals surface area contributed by atoms with Crippen LogP contribution in [0.2, 0.25) is 0 Å². The minimum atomic E-state index is -3.21. The van der Waals surface area contributed by atoms with E-state index in [4.69, 9.17) is 0 Å². The van der Waals surface area contributed by atoms with Crippen molar-refractivity contribution in [2.75, 3.05) is 0 Å². The first-order chi connectivity index (χ1) is 6.08. The van der Waals surface area contributed by atoms with Crippen molar-refractivity contribution in [3.8, 4) is 0 Å². The number of hydrogen-bond donors (Lipinski definition) is 1. The summed E-state index contributed by atoms with van der Waals surface area (Å²) in [4.78, 5) is -3.21. The molecule has 0 aliphatic rings. The van der Waals surface area contributed by atoms with Crippen LogP contribution in [0.15, 0.2) is 0 Å². The molecular weight excluding hydrogens is 254 g/mol. The lowest BCUT2D eigenvalue weighted by molar-refractivity contribution is -0.136. The van der Waals surface area contributed by atoms with Gasteiger partial charge in [-0.05, 0) is 40.6 Å². The Morgan fingerprint density at radius 1 is 1.07 bits per heavy atom. The average Bonchev–Trinajstić information content (AvgIpc) is 1.78. The second kappa shape index (κ2) is 4.88. The number of rotatable bonds is 5. The van der Waals surface area contributed by atoms with Crippen LogP contribution in [0.1, 0.15) is 40.5 Å². The van der Waals surface area contributed by atoms with E-state index in [1.54, 1.807) is 0 Å². The highest BCUT2D eigenvalue weighted by atomic mass is 79.9. The summed E-state index contributed by atoms with van der Waals surface area (Å²) in [6.07, 6.45) is 0.201. The van der Waals surface area contributed by atoms with Crippen molar-refractivity contribution in [3.05, 3.63) is 0 Å². The molecule has 0 amide bonds. The van der Waals surface area contributed by atoms with Crippen molar-refractivity contribution in [2.45, 2.75) is 51.0 Å². The molecule has 0 saturated carbocycles. The summed E-state index contributed by atoms with van der Waals surface area (Å²) in [6, 6.07) is 0. The monoisotopic (exact) mass is 272 g/mol. The first-order valence-electron chi connectivity index (χ1n) is 4.87. The van der Waals surface area contributed by atoms with E-state index >= 15 is 0 Å². The summed E-state index contributed by atoms with van der Waals surface area (Å²) in [6.45, 7) is 7.29. The molecule has 0 atom stereocenters. The summed E-state index contributed by atoms with van der Waals surface area (Å²) < 4.78 is 26.3. The smallest absolute Gasteiger partial charge is 0.329 e. The van der Waals surface area contributed by atoms with Gasteiger partial charge in [-0.3, -0.25) is 0 Å². The second-order valence-corrected chi connectivity index (χ2v) is 5.72. The molecule has 0 radical (unpaired) electrons. The van der Waals surface area contributed by atoms with E-state index in [2.05, 4.69) is 15.9 Å². The molecule has 0 rings (SSSR count). The van der Waals surface area contributed by atoms with Crippen LogP contribution in [-0.2, 0) is 0 Å². The van der Waals surface area contributed by atoms with E-state index in [9.17, 15) is 13.9 Å². The Bertz CT molecular complexity index is 165. The van der Waals surface area contributed by atoms with Crippen LogP contribution in [0.25, 0.3) is 0 Å². The van der Waals surface area contributed by atoms with Crippen LogP contribution in [0, 0.1) is 11.8 Å². The molecule has 0 spiro atoms.